The molecule has 2 aliphatic rings. The second kappa shape index (κ2) is 4.46. The van der Waals surface area contributed by atoms with E-state index < -0.39 is 0 Å². The maximum atomic E-state index is 12.6. The topological polar surface area (TPSA) is 37.4 Å². The van der Waals surface area contributed by atoms with E-state index in [0.29, 0.717) is 13.1 Å². The number of nitrogens with zero attached hydrogens (tertiary/aromatic N) is 1. The monoisotopic (exact) mass is 263 g/mol. The van der Waals surface area contributed by atoms with E-state index >= 15 is 0 Å². The molecule has 0 N–H and O–H groups in total. The first kappa shape index (κ1) is 14.3. The molecule has 19 heavy (non-hydrogen) atoms. The molecular weight excluding hydrogens is 238 g/mol. The van der Waals surface area contributed by atoms with Crippen LogP contribution < -0.4 is 0 Å². The molecule has 0 aromatic rings. The van der Waals surface area contributed by atoms with Crippen LogP contribution in [0.4, 0.5) is 0 Å². The summed E-state index contributed by atoms with van der Waals surface area (Å²) in [7, 11) is 0. The van der Waals surface area contributed by atoms with Gasteiger partial charge in [0, 0.05) is 30.2 Å². The van der Waals surface area contributed by atoms with Gasteiger partial charge >= 0.3 is 0 Å². The molecule has 0 aromatic heterocycles. The van der Waals surface area contributed by atoms with Crippen molar-refractivity contribution in [2.24, 2.45) is 16.7 Å². The average molecular weight is 263 g/mol. The minimum Gasteiger partial charge on any atom is -0.340 e. The number of amides is 1. The molecular formula is C16H25NO2. The van der Waals surface area contributed by atoms with Crippen molar-refractivity contribution in [2.75, 3.05) is 13.1 Å². The van der Waals surface area contributed by atoms with Crippen molar-refractivity contribution in [3.63, 3.8) is 0 Å². The Kier molecular flexibility index (Phi) is 3.36. The standard InChI is InChI=1S/C16H25NO2/c1-6-17(7-2)13(18)10-11-12-8-9-16(5,14(11)19)15(12,3)4/h10,12H,6-9H2,1-5H3/b11-10-/t12-,16-/m0/s1. The van der Waals surface area contributed by atoms with Crippen LogP contribution in [0.1, 0.15) is 47.5 Å². The van der Waals surface area contributed by atoms with E-state index in [0.717, 1.165) is 18.4 Å². The molecule has 0 unspecified atom stereocenters. The van der Waals surface area contributed by atoms with Crippen molar-refractivity contribution in [1.29, 1.82) is 0 Å². The highest BCUT2D eigenvalue weighted by atomic mass is 16.2. The van der Waals surface area contributed by atoms with Crippen molar-refractivity contribution >= 4 is 11.7 Å². The van der Waals surface area contributed by atoms with Crippen LogP contribution in [-0.2, 0) is 9.59 Å². The van der Waals surface area contributed by atoms with Gasteiger partial charge in [-0.1, -0.05) is 20.8 Å². The maximum absolute atomic E-state index is 12.6. The van der Waals surface area contributed by atoms with E-state index in [1.54, 1.807) is 11.0 Å². The van der Waals surface area contributed by atoms with E-state index in [2.05, 4.69) is 20.8 Å². The van der Waals surface area contributed by atoms with Crippen molar-refractivity contribution in [3.8, 4) is 0 Å². The SMILES string of the molecule is CCN(CC)C(=O)/C=C1\C(=O)[C@]2(C)CC[C@@H]1C2(C)C. The van der Waals surface area contributed by atoms with E-state index in [9.17, 15) is 9.59 Å². The number of hydrogen-bond donors (Lipinski definition) is 0. The Morgan fingerprint density at radius 2 is 1.89 bits per heavy atom. The number of Topliss-reactive ketones (excluding diaryl/α,β-unsaturated/α-hetero) is 1. The maximum Gasteiger partial charge on any atom is 0.246 e. The summed E-state index contributed by atoms with van der Waals surface area (Å²) < 4.78 is 0. The van der Waals surface area contributed by atoms with Crippen LogP contribution >= 0.6 is 0 Å². The number of ketones is 1. The number of fused-ring (bicyclic) bond motifs is 2. The Bertz CT molecular complexity index is 446. The largest absolute Gasteiger partial charge is 0.340 e. The van der Waals surface area contributed by atoms with Crippen LogP contribution in [0.3, 0.4) is 0 Å². The first-order valence-corrected chi connectivity index (χ1v) is 7.35. The third kappa shape index (κ3) is 1.78. The highest BCUT2D eigenvalue weighted by Gasteiger charge is 2.64. The molecule has 0 radical (unpaired) electrons. The molecule has 2 aliphatic carbocycles. The van der Waals surface area contributed by atoms with Gasteiger partial charge in [0.2, 0.25) is 5.91 Å². The van der Waals surface area contributed by atoms with Gasteiger partial charge in [-0.25, -0.2) is 0 Å². The second-order valence-corrected chi connectivity index (χ2v) is 6.58. The van der Waals surface area contributed by atoms with E-state index in [1.807, 2.05) is 13.8 Å². The van der Waals surface area contributed by atoms with Gasteiger partial charge in [0.1, 0.15) is 0 Å². The average Bonchev–Trinajstić information content (AvgIpc) is 2.65. The van der Waals surface area contributed by atoms with Gasteiger partial charge in [-0.2, -0.15) is 0 Å². The molecule has 0 heterocycles. The van der Waals surface area contributed by atoms with E-state index in [1.165, 1.54) is 0 Å². The third-order valence-electron chi connectivity index (χ3n) is 5.72. The summed E-state index contributed by atoms with van der Waals surface area (Å²) in [5, 5.41) is 0. The molecule has 2 saturated carbocycles. The van der Waals surface area contributed by atoms with Crippen LogP contribution in [0.5, 0.6) is 0 Å². The van der Waals surface area contributed by atoms with Crippen molar-refractivity contribution < 1.29 is 9.59 Å². The molecule has 2 atom stereocenters. The lowest BCUT2D eigenvalue weighted by Gasteiger charge is -2.31. The Balaban J connectivity index is 2.33. The fourth-order valence-electron chi connectivity index (χ4n) is 3.85. The number of hydrogen-bond acceptors (Lipinski definition) is 2. The minimum atomic E-state index is -0.271. The molecule has 3 nitrogen and oxygen atoms in total. The zero-order chi connectivity index (χ0) is 14.4. The highest BCUT2D eigenvalue weighted by Crippen LogP contribution is 2.65. The number of likely N-dealkylation sites (N-methyl/N-ethyl adjacent to an activating group) is 1. The predicted molar refractivity (Wildman–Crippen MR) is 75.6 cm³/mol. The van der Waals surface area contributed by atoms with Gasteiger partial charge in [-0.05, 0) is 38.0 Å². The van der Waals surface area contributed by atoms with Crippen LogP contribution in [0, 0.1) is 16.7 Å². The Hall–Kier alpha value is -1.12. The molecule has 2 fully saturated rings. The summed E-state index contributed by atoms with van der Waals surface area (Å²) in [5.74, 6) is 0.444. The summed E-state index contributed by atoms with van der Waals surface area (Å²) in [5.41, 5.74) is 0.489. The molecule has 2 rings (SSSR count). The summed E-state index contributed by atoms with van der Waals surface area (Å²) >= 11 is 0. The molecule has 106 valence electrons. The molecule has 2 bridgehead atoms. The number of allylic oxidation sites excluding steroid dienone is 1. The summed E-state index contributed by atoms with van der Waals surface area (Å²) in [6, 6.07) is 0. The van der Waals surface area contributed by atoms with Crippen molar-refractivity contribution in [3.05, 3.63) is 11.6 Å². The second-order valence-electron chi connectivity index (χ2n) is 6.58. The lowest BCUT2D eigenvalue weighted by atomic mass is 9.70. The zero-order valence-corrected chi connectivity index (χ0v) is 12.7. The van der Waals surface area contributed by atoms with Gasteiger partial charge in [0.25, 0.3) is 0 Å². The Morgan fingerprint density at radius 3 is 2.32 bits per heavy atom. The van der Waals surface area contributed by atoms with Crippen molar-refractivity contribution in [1.82, 2.24) is 4.90 Å². The molecule has 0 aliphatic heterocycles. The summed E-state index contributed by atoms with van der Waals surface area (Å²) in [6.07, 6.45) is 3.61. The smallest absolute Gasteiger partial charge is 0.246 e. The van der Waals surface area contributed by atoms with Gasteiger partial charge in [-0.15, -0.1) is 0 Å². The van der Waals surface area contributed by atoms with Gasteiger partial charge in [-0.3, -0.25) is 9.59 Å². The molecule has 3 heteroatoms. The van der Waals surface area contributed by atoms with E-state index in [4.69, 9.17) is 0 Å². The molecule has 0 spiro atoms. The first-order chi connectivity index (χ1) is 8.79. The molecule has 1 amide bonds. The van der Waals surface area contributed by atoms with Gasteiger partial charge in [0.15, 0.2) is 5.78 Å². The lowest BCUT2D eigenvalue weighted by molar-refractivity contribution is -0.127. The van der Waals surface area contributed by atoms with Crippen LogP contribution in [0.15, 0.2) is 11.6 Å². The Morgan fingerprint density at radius 1 is 1.32 bits per heavy atom. The lowest BCUT2D eigenvalue weighted by Crippen LogP contribution is -2.33. The third-order valence-corrected chi connectivity index (χ3v) is 5.72. The van der Waals surface area contributed by atoms with Crippen molar-refractivity contribution in [2.45, 2.75) is 47.5 Å². The molecule has 0 aromatic carbocycles. The fourth-order valence-corrected chi connectivity index (χ4v) is 3.85. The summed E-state index contributed by atoms with van der Waals surface area (Å²) in [4.78, 5) is 26.6. The number of carbonyl (C=O) groups excluding carboxylic acids is 2. The quantitative estimate of drug-likeness (QED) is 0.734. The van der Waals surface area contributed by atoms with Gasteiger partial charge in [0.05, 0.1) is 0 Å². The van der Waals surface area contributed by atoms with Crippen LogP contribution in [0.2, 0.25) is 0 Å². The minimum absolute atomic E-state index is 0.0136. The van der Waals surface area contributed by atoms with Crippen LogP contribution in [0.25, 0.3) is 0 Å². The molecule has 0 saturated heterocycles. The fraction of sp³-hybridized carbons (Fsp3) is 0.750. The number of carbonyl (C=O) groups is 2. The zero-order valence-electron chi connectivity index (χ0n) is 12.7. The highest BCUT2D eigenvalue weighted by molar-refractivity contribution is 6.08. The predicted octanol–water partition coefficient (Wildman–Crippen LogP) is 2.81. The van der Waals surface area contributed by atoms with Crippen LogP contribution in [-0.4, -0.2) is 29.7 Å². The normalized spacial score (nSPS) is 34.1. The van der Waals surface area contributed by atoms with Gasteiger partial charge < -0.3 is 4.90 Å². The van der Waals surface area contributed by atoms with E-state index in [-0.39, 0.29) is 28.4 Å². The Labute approximate surface area is 116 Å². The summed E-state index contributed by atoms with van der Waals surface area (Å²) in [6.45, 7) is 11.7. The first-order valence-electron chi connectivity index (χ1n) is 7.35. The number of rotatable bonds is 3.